The van der Waals surface area contributed by atoms with E-state index < -0.39 is 15.7 Å². The number of amides is 1. The predicted octanol–water partition coefficient (Wildman–Crippen LogP) is -0.562. The molecule has 0 aliphatic rings. The number of ether oxygens (including phenoxy) is 1. The zero-order valence-corrected chi connectivity index (χ0v) is 11.0. The van der Waals surface area contributed by atoms with E-state index in [9.17, 15) is 13.2 Å². The number of hydrogen-bond acceptors (Lipinski definition) is 7. The van der Waals surface area contributed by atoms with E-state index in [-0.39, 0.29) is 17.2 Å². The lowest BCUT2D eigenvalue weighted by Gasteiger charge is -1.98. The highest BCUT2D eigenvalue weighted by atomic mass is 32.2. The van der Waals surface area contributed by atoms with Crippen LogP contribution in [0.15, 0.2) is 0 Å². The van der Waals surface area contributed by atoms with Gasteiger partial charge in [0.25, 0.3) is 5.91 Å². The van der Waals surface area contributed by atoms with Crippen molar-refractivity contribution in [3.05, 3.63) is 15.6 Å². The van der Waals surface area contributed by atoms with Crippen LogP contribution in [0.4, 0.5) is 0 Å². The van der Waals surface area contributed by atoms with Gasteiger partial charge in [-0.15, -0.1) is 11.3 Å². The monoisotopic (exact) mass is 279 g/mol. The topological polar surface area (TPSA) is 111 Å². The van der Waals surface area contributed by atoms with Gasteiger partial charge in [0.05, 0.1) is 12.3 Å². The van der Waals surface area contributed by atoms with E-state index in [4.69, 9.17) is 10.6 Å². The maximum atomic E-state index is 11.4. The van der Waals surface area contributed by atoms with Crippen molar-refractivity contribution in [3.8, 4) is 0 Å². The molecule has 0 atom stereocenters. The number of carbonyl (C=O) groups excluding carboxylic acids is 1. The number of nitrogens with zero attached hydrogens (tertiary/aromatic N) is 1. The van der Waals surface area contributed by atoms with E-state index >= 15 is 0 Å². The van der Waals surface area contributed by atoms with E-state index in [0.29, 0.717) is 10.7 Å². The summed E-state index contributed by atoms with van der Waals surface area (Å²) in [5, 5.41) is 0.346. The number of nitrogens with one attached hydrogen (secondary N) is 1. The number of hydrogen-bond donors (Lipinski definition) is 2. The van der Waals surface area contributed by atoms with Gasteiger partial charge in [0.1, 0.15) is 15.6 Å². The maximum Gasteiger partial charge on any atom is 0.277 e. The molecular weight excluding hydrogens is 266 g/mol. The SMILES string of the molecule is COCc1nc(CS(C)(=O)=O)sc1C(=O)NN. The maximum absolute atomic E-state index is 11.4. The van der Waals surface area contributed by atoms with Crippen molar-refractivity contribution >= 4 is 27.1 Å². The Labute approximate surface area is 103 Å². The third kappa shape index (κ3) is 4.04. The smallest absolute Gasteiger partial charge is 0.277 e. The van der Waals surface area contributed by atoms with Gasteiger partial charge in [-0.2, -0.15) is 0 Å². The first-order valence-corrected chi connectivity index (χ1v) is 7.41. The Kier molecular flexibility index (Phi) is 4.57. The van der Waals surface area contributed by atoms with E-state index in [1.54, 1.807) is 0 Å². The summed E-state index contributed by atoms with van der Waals surface area (Å²) in [6, 6.07) is 0. The first-order valence-electron chi connectivity index (χ1n) is 4.53. The highest BCUT2D eigenvalue weighted by Crippen LogP contribution is 2.21. The highest BCUT2D eigenvalue weighted by molar-refractivity contribution is 7.90. The molecule has 0 aliphatic heterocycles. The first kappa shape index (κ1) is 14.0. The number of carbonyl (C=O) groups is 1. The van der Waals surface area contributed by atoms with Crippen molar-refractivity contribution in [2.24, 2.45) is 5.84 Å². The number of sulfone groups is 1. The second kappa shape index (κ2) is 5.54. The average Bonchev–Trinajstić information content (AvgIpc) is 2.58. The number of thiazole rings is 1. The van der Waals surface area contributed by atoms with E-state index in [1.165, 1.54) is 7.11 Å². The molecule has 0 saturated heterocycles. The molecule has 7 nitrogen and oxygen atoms in total. The van der Waals surface area contributed by atoms with Crippen molar-refractivity contribution in [3.63, 3.8) is 0 Å². The van der Waals surface area contributed by atoms with Crippen LogP contribution in [0, 0.1) is 0 Å². The molecule has 17 heavy (non-hydrogen) atoms. The van der Waals surface area contributed by atoms with Gasteiger partial charge >= 0.3 is 0 Å². The van der Waals surface area contributed by atoms with E-state index in [2.05, 4.69) is 4.98 Å². The number of hydrazine groups is 1. The lowest BCUT2D eigenvalue weighted by molar-refractivity contribution is 0.0952. The van der Waals surface area contributed by atoms with Gasteiger partial charge in [-0.3, -0.25) is 10.2 Å². The highest BCUT2D eigenvalue weighted by Gasteiger charge is 2.19. The Bertz CT molecular complexity index is 509. The summed E-state index contributed by atoms with van der Waals surface area (Å²) in [4.78, 5) is 15.7. The average molecular weight is 279 g/mol. The fourth-order valence-corrected chi connectivity index (χ4v) is 3.32. The minimum Gasteiger partial charge on any atom is -0.378 e. The molecule has 1 heterocycles. The van der Waals surface area contributed by atoms with Gasteiger partial charge in [0, 0.05) is 13.4 Å². The van der Waals surface area contributed by atoms with Crippen molar-refractivity contribution in [2.45, 2.75) is 12.4 Å². The predicted molar refractivity (Wildman–Crippen MR) is 63.0 cm³/mol. The first-order chi connectivity index (χ1) is 7.87. The molecule has 0 radical (unpaired) electrons. The molecule has 1 aromatic rings. The standard InChI is InChI=1S/C8H13N3O4S2/c1-15-3-5-7(8(12)11-9)16-6(10-5)4-17(2,13)14/h3-4,9H2,1-2H3,(H,11,12). The zero-order chi connectivity index (χ0) is 13.1. The lowest BCUT2D eigenvalue weighted by atomic mass is 10.3. The van der Waals surface area contributed by atoms with E-state index in [0.717, 1.165) is 17.6 Å². The number of methoxy groups -OCH3 is 1. The molecule has 1 rings (SSSR count). The second-order valence-corrected chi connectivity index (χ2v) is 6.58. The summed E-state index contributed by atoms with van der Waals surface area (Å²) in [5.74, 6) is 4.32. The molecule has 0 aliphatic carbocycles. The van der Waals surface area contributed by atoms with Crippen LogP contribution in [0.25, 0.3) is 0 Å². The Morgan fingerprint density at radius 2 is 2.24 bits per heavy atom. The summed E-state index contributed by atoms with van der Waals surface area (Å²) in [6.07, 6.45) is 1.10. The van der Waals surface area contributed by atoms with Gasteiger partial charge in [-0.25, -0.2) is 19.2 Å². The van der Waals surface area contributed by atoms with Crippen LogP contribution < -0.4 is 11.3 Å². The zero-order valence-electron chi connectivity index (χ0n) is 9.39. The van der Waals surface area contributed by atoms with Gasteiger partial charge < -0.3 is 4.74 Å². The minimum atomic E-state index is -3.18. The second-order valence-electron chi connectivity index (χ2n) is 3.36. The summed E-state index contributed by atoms with van der Waals surface area (Å²) < 4.78 is 27.1. The minimum absolute atomic E-state index is 0.128. The summed E-state index contributed by atoms with van der Waals surface area (Å²) in [7, 11) is -1.73. The van der Waals surface area contributed by atoms with Crippen LogP contribution in [-0.4, -0.2) is 32.7 Å². The summed E-state index contributed by atoms with van der Waals surface area (Å²) in [5.41, 5.74) is 2.37. The van der Waals surface area contributed by atoms with Crippen LogP contribution in [0.3, 0.4) is 0 Å². The quantitative estimate of drug-likeness (QED) is 0.424. The van der Waals surface area contributed by atoms with Crippen LogP contribution in [0.2, 0.25) is 0 Å². The van der Waals surface area contributed by atoms with E-state index in [1.807, 2.05) is 5.43 Å². The Morgan fingerprint density at radius 3 is 2.71 bits per heavy atom. The molecular formula is C8H13N3O4S2. The largest absolute Gasteiger partial charge is 0.378 e. The molecule has 0 fully saturated rings. The molecule has 0 unspecified atom stereocenters. The number of aromatic nitrogens is 1. The Hall–Kier alpha value is -1.03. The van der Waals surface area contributed by atoms with Gasteiger partial charge in [0.15, 0.2) is 9.84 Å². The van der Waals surface area contributed by atoms with Crippen molar-refractivity contribution in [1.29, 1.82) is 0 Å². The Balaban J connectivity index is 3.07. The van der Waals surface area contributed by atoms with Crippen molar-refractivity contribution in [1.82, 2.24) is 10.4 Å². The Morgan fingerprint density at radius 1 is 1.59 bits per heavy atom. The van der Waals surface area contributed by atoms with Gasteiger partial charge in [-0.1, -0.05) is 0 Å². The van der Waals surface area contributed by atoms with Crippen molar-refractivity contribution in [2.75, 3.05) is 13.4 Å². The van der Waals surface area contributed by atoms with Crippen LogP contribution in [0.5, 0.6) is 0 Å². The third-order valence-electron chi connectivity index (χ3n) is 1.75. The summed E-state index contributed by atoms with van der Waals surface area (Å²) >= 11 is 0.997. The molecule has 9 heteroatoms. The molecule has 0 aromatic carbocycles. The lowest BCUT2D eigenvalue weighted by Crippen LogP contribution is -2.30. The number of nitrogens with two attached hydrogens (primary N) is 1. The molecule has 1 amide bonds. The third-order valence-corrected chi connectivity index (χ3v) is 3.82. The normalized spacial score (nSPS) is 11.5. The van der Waals surface area contributed by atoms with Gasteiger partial charge in [0.2, 0.25) is 0 Å². The van der Waals surface area contributed by atoms with Gasteiger partial charge in [-0.05, 0) is 0 Å². The number of nitrogen functional groups attached to an aromatic ring is 1. The number of rotatable bonds is 5. The summed E-state index contributed by atoms with van der Waals surface area (Å²) in [6.45, 7) is 0.128. The molecule has 0 saturated carbocycles. The molecule has 0 bridgehead atoms. The van der Waals surface area contributed by atoms with Crippen molar-refractivity contribution < 1.29 is 17.9 Å². The molecule has 0 spiro atoms. The molecule has 96 valence electrons. The molecule has 1 aromatic heterocycles. The molecule has 3 N–H and O–H groups in total. The van der Waals surface area contributed by atoms with Crippen LogP contribution >= 0.6 is 11.3 Å². The van der Waals surface area contributed by atoms with Crippen LogP contribution in [-0.2, 0) is 26.9 Å². The fraction of sp³-hybridized carbons (Fsp3) is 0.500. The van der Waals surface area contributed by atoms with Crippen LogP contribution in [0.1, 0.15) is 20.4 Å². The fourth-order valence-electron chi connectivity index (χ4n) is 1.16.